The van der Waals surface area contributed by atoms with Crippen molar-refractivity contribution in [3.63, 3.8) is 0 Å². The number of phenols is 3. The molecule has 0 bridgehead atoms. The van der Waals surface area contributed by atoms with Gasteiger partial charge in [0.1, 0.15) is 73.0 Å². The number of phenolic OH excluding ortho intramolecular Hbond substituents is 3. The molecule has 21 nitrogen and oxygen atoms in total. The Morgan fingerprint density at radius 2 is 1.33 bits per heavy atom. The van der Waals surface area contributed by atoms with Gasteiger partial charge in [0, 0.05) is 17.7 Å². The second kappa shape index (κ2) is 18.3. The normalized spacial score (nSPS) is 26.7. The van der Waals surface area contributed by atoms with Crippen LogP contribution in [0.25, 0.3) is 28.7 Å². The van der Waals surface area contributed by atoms with Gasteiger partial charge < -0.3 is 88.7 Å². The Bertz CT molecular complexity index is 2240. The Morgan fingerprint density at radius 1 is 0.717 bits per heavy atom. The number of hydrogen-bond acceptors (Lipinski definition) is 19. The Balaban J connectivity index is 1.22. The third-order valence-corrected chi connectivity index (χ3v) is 9.27. The Morgan fingerprint density at radius 3 is 1.95 bits per heavy atom. The molecular formula is C39H39O21+. The number of benzene rings is 3. The lowest BCUT2D eigenvalue weighted by Gasteiger charge is -2.40. The summed E-state index contributed by atoms with van der Waals surface area (Å²) in [6.07, 6.45) is -16.2. The minimum absolute atomic E-state index is 0.134. The molecule has 10 unspecified atom stereocenters. The van der Waals surface area contributed by atoms with Crippen LogP contribution in [0.4, 0.5) is 0 Å². The average molecular weight is 844 g/mol. The summed E-state index contributed by atoms with van der Waals surface area (Å²) in [6, 6.07) is 12.6. The average Bonchev–Trinajstić information content (AvgIpc) is 3.20. The van der Waals surface area contributed by atoms with Gasteiger partial charge in [-0.05, 0) is 54.1 Å². The molecule has 1 aliphatic carbocycles. The van der Waals surface area contributed by atoms with Crippen LogP contribution in [0.1, 0.15) is 12.0 Å². The summed E-state index contributed by atoms with van der Waals surface area (Å²) in [5.41, 5.74) is -0.311. The van der Waals surface area contributed by atoms with Crippen molar-refractivity contribution in [3.8, 4) is 51.4 Å². The van der Waals surface area contributed by atoms with Crippen LogP contribution in [0.2, 0.25) is 0 Å². The second-order valence-electron chi connectivity index (χ2n) is 13.6. The Hall–Kier alpha value is -6.30. The highest BCUT2D eigenvalue weighted by Crippen LogP contribution is 2.40. The third kappa shape index (κ3) is 9.93. The molecule has 21 heteroatoms. The third-order valence-electron chi connectivity index (χ3n) is 9.27. The van der Waals surface area contributed by atoms with Crippen molar-refractivity contribution in [2.75, 3.05) is 13.2 Å². The van der Waals surface area contributed by atoms with E-state index in [9.17, 15) is 65.1 Å². The minimum Gasteiger partial charge on any atom is -0.508 e. The molecular weight excluding hydrogens is 804 g/mol. The van der Waals surface area contributed by atoms with Gasteiger partial charge in [-0.1, -0.05) is 6.07 Å². The number of rotatable bonds is 13. The van der Waals surface area contributed by atoms with Crippen molar-refractivity contribution in [2.45, 2.75) is 67.8 Å². The maximum Gasteiger partial charge on any atom is 0.510 e. The molecule has 4 aliphatic rings. The fourth-order valence-electron chi connectivity index (χ4n) is 6.07. The molecule has 0 amide bonds. The van der Waals surface area contributed by atoms with Gasteiger partial charge >= 0.3 is 17.9 Å². The molecule has 3 aliphatic heterocycles. The van der Waals surface area contributed by atoms with E-state index in [0.717, 1.165) is 12.1 Å². The summed E-state index contributed by atoms with van der Waals surface area (Å²) < 4.78 is 39.0. The number of aliphatic carboxylic acids is 1. The number of ether oxygens (including phenoxy) is 6. The fourth-order valence-corrected chi connectivity index (χ4v) is 6.07. The minimum atomic E-state index is -1.93. The van der Waals surface area contributed by atoms with E-state index >= 15 is 0 Å². The maximum atomic E-state index is 13.5. The molecule has 6 rings (SSSR count). The lowest BCUT2D eigenvalue weighted by atomic mass is 9.99. The van der Waals surface area contributed by atoms with E-state index in [1.165, 1.54) is 60.7 Å². The zero-order valence-electron chi connectivity index (χ0n) is 30.8. The lowest BCUT2D eigenvalue weighted by Crippen LogP contribution is -2.60. The summed E-state index contributed by atoms with van der Waals surface area (Å²) in [5.74, 6) is -5.04. The van der Waals surface area contributed by atoms with E-state index in [1.54, 1.807) is 0 Å². The van der Waals surface area contributed by atoms with E-state index < -0.39 is 110 Å². The zero-order valence-corrected chi connectivity index (χ0v) is 30.8. The number of fused-ring (bicyclic) bond motifs is 1. The van der Waals surface area contributed by atoms with Gasteiger partial charge in [-0.2, -0.15) is 0 Å². The molecule has 60 heavy (non-hydrogen) atoms. The number of esters is 2. The quantitative estimate of drug-likeness (QED) is 0.0258. The summed E-state index contributed by atoms with van der Waals surface area (Å²) in [5, 5.41) is 102. The van der Waals surface area contributed by atoms with Crippen molar-refractivity contribution in [2.24, 2.45) is 0 Å². The van der Waals surface area contributed by atoms with Crippen LogP contribution in [0.5, 0.6) is 28.7 Å². The summed E-state index contributed by atoms with van der Waals surface area (Å²) >= 11 is 0. The van der Waals surface area contributed by atoms with Crippen LogP contribution in [0, 0.1) is 0 Å². The van der Waals surface area contributed by atoms with E-state index in [4.69, 9.17) is 37.9 Å². The number of carbonyl (C=O) groups excluding carboxylic acids is 2. The molecule has 0 spiro atoms. The second-order valence-corrected chi connectivity index (χ2v) is 13.6. The van der Waals surface area contributed by atoms with Crippen LogP contribution in [-0.4, -0.2) is 148 Å². The van der Waals surface area contributed by atoms with E-state index in [2.05, 4.69) is 0 Å². The number of carbonyl (C=O) groups is 2. The fraction of sp³-hybridized carbons (Fsp3) is 0.333. The number of carboxylic acid groups (broad SMARTS) is 1. The molecule has 320 valence electrons. The van der Waals surface area contributed by atoms with Crippen LogP contribution in [0.15, 0.2) is 76.0 Å². The molecule has 0 aromatic heterocycles. The maximum absolute atomic E-state index is 13.5. The van der Waals surface area contributed by atoms with Gasteiger partial charge in [0.05, 0.1) is 11.6 Å². The SMILES string of the molecule is O=C(O)CC(=O)OCC1OC(Oc2cc3c(=O)cc(OC4OC(COC(=[OH+])C=Cc5ccc(O)c(O)c5)C(O)C(O)C4O)cc-3oc2-c2ccc(O)cc2)C(O)C(O)C1O. The largest absolute Gasteiger partial charge is 0.510 e. The molecule has 3 heterocycles. The molecule has 0 saturated carbocycles. The summed E-state index contributed by atoms with van der Waals surface area (Å²) in [7, 11) is 0. The van der Waals surface area contributed by atoms with Crippen molar-refractivity contribution >= 4 is 24.0 Å². The first-order chi connectivity index (χ1) is 28.5. The predicted octanol–water partition coefficient (Wildman–Crippen LogP) is -0.848. The molecule has 2 saturated heterocycles. The first-order valence-corrected chi connectivity index (χ1v) is 17.9. The topological polar surface area (TPSA) is 343 Å². The van der Waals surface area contributed by atoms with Gasteiger partial charge in [-0.25, -0.2) is 0 Å². The van der Waals surface area contributed by atoms with Gasteiger partial charge in [-0.15, -0.1) is 0 Å². The molecule has 0 radical (unpaired) electrons. The Labute approximate surface area is 337 Å². The van der Waals surface area contributed by atoms with Gasteiger partial charge in [0.25, 0.3) is 0 Å². The Kier molecular flexibility index (Phi) is 13.2. The number of hydrogen-bond donors (Lipinski definition) is 10. The number of aliphatic hydroxyl groups is 6. The van der Waals surface area contributed by atoms with Crippen molar-refractivity contribution in [1.82, 2.24) is 0 Å². The highest BCUT2D eigenvalue weighted by Gasteiger charge is 2.48. The monoisotopic (exact) mass is 843 g/mol. The van der Waals surface area contributed by atoms with Crippen LogP contribution in [-0.2, 0) is 28.5 Å². The van der Waals surface area contributed by atoms with Crippen molar-refractivity contribution < 1.29 is 98.3 Å². The predicted molar refractivity (Wildman–Crippen MR) is 198 cm³/mol. The zero-order chi connectivity index (χ0) is 43.4. The van der Waals surface area contributed by atoms with E-state index in [1.807, 2.05) is 0 Å². The molecule has 10 atom stereocenters. The first-order valence-electron chi connectivity index (χ1n) is 17.9. The van der Waals surface area contributed by atoms with Gasteiger partial charge in [-0.3, -0.25) is 14.4 Å². The highest BCUT2D eigenvalue weighted by molar-refractivity contribution is 5.90. The number of carboxylic acids is 1. The molecule has 2 aromatic carbocycles. The van der Waals surface area contributed by atoms with Crippen LogP contribution >= 0.6 is 0 Å². The summed E-state index contributed by atoms with van der Waals surface area (Å²) in [4.78, 5) is 46.4. The van der Waals surface area contributed by atoms with Crippen LogP contribution in [0.3, 0.4) is 0 Å². The molecule has 11 N–H and O–H groups in total. The molecule has 2 aromatic rings. The highest BCUT2D eigenvalue weighted by atomic mass is 16.7. The summed E-state index contributed by atoms with van der Waals surface area (Å²) in [6.45, 7) is -1.32. The lowest BCUT2D eigenvalue weighted by molar-refractivity contribution is -0.278. The smallest absolute Gasteiger partial charge is 0.508 e. The first kappa shape index (κ1) is 43.3. The van der Waals surface area contributed by atoms with Gasteiger partial charge in [0.15, 0.2) is 34.5 Å². The van der Waals surface area contributed by atoms with E-state index in [-0.39, 0.29) is 45.6 Å². The molecule has 2 fully saturated rings. The van der Waals surface area contributed by atoms with E-state index in [0.29, 0.717) is 5.56 Å². The number of aromatic hydroxyl groups is 3. The standard InChI is InChI=1S/C39H38O21/c40-18-5-3-17(4-6-18)37-25(58-39-36(53)34(51)32(49)27(60-39)15-55-30(47)13-28(44)45)12-20-22(42)10-19(11-24(20)57-37)56-38-35(52)33(50)31(48)26(59-38)14-54-29(46)8-2-16-1-7-21(41)23(43)9-16/h1-12,26-27,31-36,38-41,43,48-53H,13-15H2,(H,44,45)/p+1. The van der Waals surface area contributed by atoms with Gasteiger partial charge in [0.2, 0.25) is 19.2 Å². The van der Waals surface area contributed by atoms with Crippen molar-refractivity contribution in [3.05, 3.63) is 82.5 Å². The number of aliphatic hydroxyl groups excluding tert-OH is 6. The van der Waals surface area contributed by atoms with Crippen molar-refractivity contribution in [1.29, 1.82) is 0 Å². The van der Waals surface area contributed by atoms with Crippen LogP contribution < -0.4 is 14.9 Å².